The van der Waals surface area contributed by atoms with E-state index in [4.69, 9.17) is 11.6 Å². The van der Waals surface area contributed by atoms with Crippen LogP contribution in [0.25, 0.3) is 0 Å². The van der Waals surface area contributed by atoms with E-state index < -0.39 is 15.1 Å². The summed E-state index contributed by atoms with van der Waals surface area (Å²) in [6.07, 6.45) is 3.77. The number of halogens is 1. The summed E-state index contributed by atoms with van der Waals surface area (Å²) in [6, 6.07) is 4.04. The molecule has 1 saturated heterocycles. The van der Waals surface area contributed by atoms with Crippen LogP contribution in [-0.2, 0) is 16.8 Å². The second-order valence-corrected chi connectivity index (χ2v) is 8.05. The summed E-state index contributed by atoms with van der Waals surface area (Å²) in [5.41, 5.74) is 0.312. The zero-order chi connectivity index (χ0) is 17.0. The molecule has 7 nitrogen and oxygen atoms in total. The third-order valence-corrected chi connectivity index (χ3v) is 6.22. The highest BCUT2D eigenvalue weighted by Crippen LogP contribution is 2.25. The summed E-state index contributed by atoms with van der Waals surface area (Å²) in [4.78, 5) is 10.3. The highest BCUT2D eigenvalue weighted by molar-refractivity contribution is 7.86. The van der Waals surface area contributed by atoms with Gasteiger partial charge in [-0.15, -0.1) is 0 Å². The van der Waals surface area contributed by atoms with E-state index in [1.54, 1.807) is 0 Å². The maximum absolute atomic E-state index is 12.6. The van der Waals surface area contributed by atoms with Gasteiger partial charge in [0.1, 0.15) is 0 Å². The molecule has 1 aliphatic heterocycles. The Balaban J connectivity index is 2.18. The highest BCUT2D eigenvalue weighted by Gasteiger charge is 2.28. The first-order valence-corrected chi connectivity index (χ1v) is 9.24. The van der Waals surface area contributed by atoms with Crippen LogP contribution in [0.4, 0.5) is 5.69 Å². The Morgan fingerprint density at radius 2 is 1.87 bits per heavy atom. The zero-order valence-electron chi connectivity index (χ0n) is 12.9. The molecule has 0 spiro atoms. The van der Waals surface area contributed by atoms with Crippen molar-refractivity contribution in [1.29, 1.82) is 0 Å². The molecule has 23 heavy (non-hydrogen) atoms. The van der Waals surface area contributed by atoms with Gasteiger partial charge in [-0.25, -0.2) is 0 Å². The van der Waals surface area contributed by atoms with Crippen LogP contribution in [0.15, 0.2) is 18.2 Å². The largest absolute Gasteiger partial charge is 0.282 e. The molecule has 0 atom stereocenters. The minimum Gasteiger partial charge on any atom is -0.258 e. The lowest BCUT2D eigenvalue weighted by atomic mass is 10.2. The molecule has 0 bridgehead atoms. The normalized spacial score (nSPS) is 17.2. The highest BCUT2D eigenvalue weighted by atomic mass is 35.5. The van der Waals surface area contributed by atoms with E-state index in [0.29, 0.717) is 23.7 Å². The number of hydrogen-bond acceptors (Lipinski definition) is 4. The number of nitro benzene ring substituents is 1. The molecule has 0 amide bonds. The van der Waals surface area contributed by atoms with E-state index in [1.165, 1.54) is 33.9 Å². The van der Waals surface area contributed by atoms with Crippen molar-refractivity contribution in [2.75, 3.05) is 20.1 Å². The first-order chi connectivity index (χ1) is 10.8. The smallest absolute Gasteiger partial charge is 0.258 e. The first-order valence-electron chi connectivity index (χ1n) is 7.46. The molecule has 9 heteroatoms. The van der Waals surface area contributed by atoms with Crippen LogP contribution in [0, 0.1) is 10.1 Å². The Morgan fingerprint density at radius 3 is 2.43 bits per heavy atom. The van der Waals surface area contributed by atoms with Gasteiger partial charge in [-0.2, -0.15) is 17.0 Å². The molecule has 2 rings (SSSR count). The van der Waals surface area contributed by atoms with E-state index in [9.17, 15) is 18.5 Å². The fraction of sp³-hybridized carbons (Fsp3) is 0.571. The monoisotopic (exact) mass is 361 g/mol. The Morgan fingerprint density at radius 1 is 1.26 bits per heavy atom. The molecule has 0 unspecified atom stereocenters. The molecule has 1 aliphatic rings. The Hall–Kier alpha value is -1.22. The number of nitrogens with zero attached hydrogens (tertiary/aromatic N) is 3. The summed E-state index contributed by atoms with van der Waals surface area (Å²) < 4.78 is 28.0. The Bertz CT molecular complexity index is 673. The molecule has 0 saturated carbocycles. The van der Waals surface area contributed by atoms with Gasteiger partial charge in [0, 0.05) is 43.8 Å². The fourth-order valence-electron chi connectivity index (χ4n) is 2.59. The predicted molar refractivity (Wildman–Crippen MR) is 88.5 cm³/mol. The van der Waals surface area contributed by atoms with Gasteiger partial charge in [0.05, 0.1) is 4.92 Å². The van der Waals surface area contributed by atoms with Crippen LogP contribution >= 0.6 is 11.6 Å². The molecule has 1 fully saturated rings. The van der Waals surface area contributed by atoms with Crippen LogP contribution in [0.5, 0.6) is 0 Å². The van der Waals surface area contributed by atoms with Crippen molar-refractivity contribution < 1.29 is 13.3 Å². The van der Waals surface area contributed by atoms with Crippen LogP contribution in [-0.4, -0.2) is 42.1 Å². The molecular weight excluding hydrogens is 342 g/mol. The van der Waals surface area contributed by atoms with Crippen molar-refractivity contribution >= 4 is 27.5 Å². The minimum atomic E-state index is -3.60. The SMILES string of the molecule is CN(Cc1cc([N+](=O)[O-])ccc1Cl)S(=O)(=O)N1CCCCCC1. The van der Waals surface area contributed by atoms with Gasteiger partial charge in [-0.3, -0.25) is 10.1 Å². The minimum absolute atomic E-state index is 0.000648. The summed E-state index contributed by atoms with van der Waals surface area (Å²) in [5, 5.41) is 11.2. The third kappa shape index (κ3) is 4.41. The van der Waals surface area contributed by atoms with Crippen LogP contribution in [0.2, 0.25) is 5.02 Å². The molecule has 1 aromatic rings. The fourth-order valence-corrected chi connectivity index (χ4v) is 4.18. The molecular formula is C14H20ClN3O4S. The summed E-state index contributed by atoms with van der Waals surface area (Å²) in [7, 11) is -2.13. The lowest BCUT2D eigenvalue weighted by Crippen LogP contribution is -2.42. The van der Waals surface area contributed by atoms with Crippen molar-refractivity contribution in [3.63, 3.8) is 0 Å². The number of nitro groups is 1. The van der Waals surface area contributed by atoms with E-state index in [-0.39, 0.29) is 12.2 Å². The van der Waals surface area contributed by atoms with Crippen LogP contribution < -0.4 is 0 Å². The van der Waals surface area contributed by atoms with Crippen molar-refractivity contribution in [1.82, 2.24) is 8.61 Å². The number of benzene rings is 1. The molecule has 0 radical (unpaired) electrons. The Kier molecular flexibility index (Phi) is 5.96. The van der Waals surface area contributed by atoms with Gasteiger partial charge in [-0.1, -0.05) is 24.4 Å². The molecule has 128 valence electrons. The molecule has 0 N–H and O–H groups in total. The molecule has 0 aromatic heterocycles. The average molecular weight is 362 g/mol. The van der Waals surface area contributed by atoms with Crippen molar-refractivity contribution in [3.05, 3.63) is 38.9 Å². The number of hydrogen-bond donors (Lipinski definition) is 0. The topological polar surface area (TPSA) is 83.8 Å². The van der Waals surface area contributed by atoms with Crippen molar-refractivity contribution in [3.8, 4) is 0 Å². The maximum atomic E-state index is 12.6. The van der Waals surface area contributed by atoms with E-state index in [2.05, 4.69) is 0 Å². The third-order valence-electron chi connectivity index (χ3n) is 3.92. The van der Waals surface area contributed by atoms with Gasteiger partial charge in [0.25, 0.3) is 15.9 Å². The predicted octanol–water partition coefficient (Wildman–Crippen LogP) is 2.80. The second kappa shape index (κ2) is 7.57. The second-order valence-electron chi connectivity index (χ2n) is 5.61. The summed E-state index contributed by atoms with van der Waals surface area (Å²) in [6.45, 7) is 1.02. The van der Waals surface area contributed by atoms with Gasteiger partial charge in [0.2, 0.25) is 0 Å². The van der Waals surface area contributed by atoms with Gasteiger partial charge < -0.3 is 0 Å². The number of rotatable bonds is 5. The molecule has 0 aliphatic carbocycles. The Labute approximate surface area is 141 Å². The van der Waals surface area contributed by atoms with Gasteiger partial charge in [0.15, 0.2) is 0 Å². The lowest BCUT2D eigenvalue weighted by molar-refractivity contribution is -0.384. The quantitative estimate of drug-likeness (QED) is 0.596. The maximum Gasteiger partial charge on any atom is 0.282 e. The van der Waals surface area contributed by atoms with Gasteiger partial charge in [-0.05, 0) is 24.5 Å². The standard InChI is InChI=1S/C14H20ClN3O4S/c1-16(23(21,22)17-8-4-2-3-5-9-17)11-12-10-13(18(19)20)6-7-14(12)15/h6-7,10H,2-5,8-9,11H2,1H3. The van der Waals surface area contributed by atoms with Crippen LogP contribution in [0.1, 0.15) is 31.2 Å². The number of non-ortho nitro benzene ring substituents is 1. The first kappa shape index (κ1) is 18.1. The molecule has 1 aromatic carbocycles. The lowest BCUT2D eigenvalue weighted by Gasteiger charge is -2.26. The van der Waals surface area contributed by atoms with E-state index in [1.807, 2.05) is 0 Å². The van der Waals surface area contributed by atoms with Crippen molar-refractivity contribution in [2.24, 2.45) is 0 Å². The summed E-state index contributed by atoms with van der Waals surface area (Å²) >= 11 is 6.05. The molecule has 1 heterocycles. The van der Waals surface area contributed by atoms with E-state index in [0.717, 1.165) is 25.7 Å². The average Bonchev–Trinajstić information content (AvgIpc) is 2.78. The van der Waals surface area contributed by atoms with Crippen LogP contribution in [0.3, 0.4) is 0 Å². The van der Waals surface area contributed by atoms with Crippen molar-refractivity contribution in [2.45, 2.75) is 32.2 Å². The van der Waals surface area contributed by atoms with Gasteiger partial charge >= 0.3 is 0 Å². The summed E-state index contributed by atoms with van der Waals surface area (Å²) in [5.74, 6) is 0. The van der Waals surface area contributed by atoms with E-state index >= 15 is 0 Å². The zero-order valence-corrected chi connectivity index (χ0v) is 14.5.